The summed E-state index contributed by atoms with van der Waals surface area (Å²) in [4.78, 5) is 0. The molecule has 0 aliphatic carbocycles. The molecule has 0 N–H and O–H groups in total. The molecular weight excluding hydrogens is 255 g/mol. The Kier molecular flexibility index (Phi) is 9.18. The highest BCUT2D eigenvalue weighted by atomic mass is 19.1. The Balaban J connectivity index is 0.000000829. The van der Waals surface area contributed by atoms with Gasteiger partial charge < -0.3 is 9.15 Å². The first-order valence-corrected chi connectivity index (χ1v) is 7.07. The molecule has 1 aromatic carbocycles. The van der Waals surface area contributed by atoms with E-state index >= 15 is 0 Å². The smallest absolute Gasteiger partial charge is 0.130 e. The molecule has 3 heteroatoms. The predicted molar refractivity (Wildman–Crippen MR) is 81.6 cm³/mol. The number of rotatable bonds is 3. The third-order valence-corrected chi connectivity index (χ3v) is 2.56. The van der Waals surface area contributed by atoms with Gasteiger partial charge in [-0.25, -0.2) is 4.39 Å². The lowest BCUT2D eigenvalue weighted by atomic mass is 10.1. The van der Waals surface area contributed by atoms with Gasteiger partial charge in [-0.2, -0.15) is 0 Å². The van der Waals surface area contributed by atoms with Gasteiger partial charge in [0, 0.05) is 11.6 Å². The number of aryl methyl sites for hydroxylation is 1. The SMILES string of the molecule is CC.CC.Cc1cc(OCc2ccoc2)cc(F)c1C. The number of halogens is 1. The summed E-state index contributed by atoms with van der Waals surface area (Å²) in [7, 11) is 0. The molecule has 0 aliphatic heterocycles. The highest BCUT2D eigenvalue weighted by Gasteiger charge is 2.05. The Morgan fingerprint density at radius 3 is 2.25 bits per heavy atom. The Labute approximate surface area is 121 Å². The number of hydrogen-bond acceptors (Lipinski definition) is 2. The zero-order chi connectivity index (χ0) is 15.5. The van der Waals surface area contributed by atoms with Crippen LogP contribution >= 0.6 is 0 Å². The minimum absolute atomic E-state index is 0.234. The molecule has 1 aromatic heterocycles. The van der Waals surface area contributed by atoms with E-state index in [9.17, 15) is 4.39 Å². The van der Waals surface area contributed by atoms with Crippen LogP contribution in [0, 0.1) is 19.7 Å². The Morgan fingerprint density at radius 1 is 1.10 bits per heavy atom. The molecule has 20 heavy (non-hydrogen) atoms. The first-order valence-electron chi connectivity index (χ1n) is 7.07. The van der Waals surface area contributed by atoms with Crippen molar-refractivity contribution in [1.29, 1.82) is 0 Å². The second-order valence-corrected chi connectivity index (χ2v) is 3.77. The van der Waals surface area contributed by atoms with Gasteiger partial charge in [0.15, 0.2) is 0 Å². The molecule has 112 valence electrons. The number of hydrogen-bond donors (Lipinski definition) is 0. The summed E-state index contributed by atoms with van der Waals surface area (Å²) >= 11 is 0. The van der Waals surface area contributed by atoms with Crippen LogP contribution in [0.2, 0.25) is 0 Å². The van der Waals surface area contributed by atoms with Gasteiger partial charge >= 0.3 is 0 Å². The van der Waals surface area contributed by atoms with Gasteiger partial charge in [-0.3, -0.25) is 0 Å². The number of furan rings is 1. The van der Waals surface area contributed by atoms with E-state index in [0.717, 1.165) is 11.1 Å². The molecule has 2 rings (SSSR count). The van der Waals surface area contributed by atoms with Gasteiger partial charge in [-0.1, -0.05) is 27.7 Å². The standard InChI is InChI=1S/C13H13FO2.2C2H6/c1-9-5-12(6-13(14)10(9)2)16-8-11-3-4-15-7-11;2*1-2/h3-7H,8H2,1-2H3;2*1-2H3. The molecule has 2 nitrogen and oxygen atoms in total. The van der Waals surface area contributed by atoms with Crippen molar-refractivity contribution in [3.8, 4) is 5.75 Å². The molecule has 1 heterocycles. The largest absolute Gasteiger partial charge is 0.489 e. The second-order valence-electron chi connectivity index (χ2n) is 3.77. The van der Waals surface area contributed by atoms with Gasteiger partial charge in [0.1, 0.15) is 18.2 Å². The van der Waals surface area contributed by atoms with Gasteiger partial charge in [-0.15, -0.1) is 0 Å². The van der Waals surface area contributed by atoms with E-state index in [1.165, 1.54) is 6.07 Å². The molecule has 2 aromatic rings. The zero-order valence-electron chi connectivity index (χ0n) is 13.3. The van der Waals surface area contributed by atoms with E-state index in [0.29, 0.717) is 17.9 Å². The van der Waals surface area contributed by atoms with E-state index in [1.807, 2.05) is 46.8 Å². The van der Waals surface area contributed by atoms with Crippen molar-refractivity contribution in [3.05, 3.63) is 53.2 Å². The lowest BCUT2D eigenvalue weighted by molar-refractivity contribution is 0.303. The summed E-state index contributed by atoms with van der Waals surface area (Å²) in [5.41, 5.74) is 2.48. The molecular formula is C17H25FO2. The third-order valence-electron chi connectivity index (χ3n) is 2.56. The van der Waals surface area contributed by atoms with Crippen LogP contribution in [-0.4, -0.2) is 0 Å². The van der Waals surface area contributed by atoms with Crippen LogP contribution in [0.5, 0.6) is 5.75 Å². The highest BCUT2D eigenvalue weighted by Crippen LogP contribution is 2.21. The van der Waals surface area contributed by atoms with Crippen molar-refractivity contribution in [2.75, 3.05) is 0 Å². The van der Waals surface area contributed by atoms with Gasteiger partial charge in [0.25, 0.3) is 0 Å². The Morgan fingerprint density at radius 2 is 1.75 bits per heavy atom. The second kappa shape index (κ2) is 10.1. The average Bonchev–Trinajstić information content (AvgIpc) is 3.00. The molecule has 0 saturated carbocycles. The molecule has 0 bridgehead atoms. The van der Waals surface area contributed by atoms with Gasteiger partial charge in [0.05, 0.1) is 12.5 Å². The minimum atomic E-state index is -0.234. The van der Waals surface area contributed by atoms with Crippen molar-refractivity contribution < 1.29 is 13.5 Å². The van der Waals surface area contributed by atoms with Crippen molar-refractivity contribution >= 4 is 0 Å². The number of benzene rings is 1. The fourth-order valence-corrected chi connectivity index (χ4v) is 1.41. The molecule has 0 aliphatic rings. The predicted octanol–water partition coefficient (Wildman–Crippen LogP) is 5.67. The average molecular weight is 280 g/mol. The maximum atomic E-state index is 13.4. The molecule has 0 saturated heterocycles. The quantitative estimate of drug-likeness (QED) is 0.723. The topological polar surface area (TPSA) is 22.4 Å². The Hall–Kier alpha value is -1.77. The van der Waals surface area contributed by atoms with Gasteiger partial charge in [-0.05, 0) is 37.1 Å². The van der Waals surface area contributed by atoms with Crippen LogP contribution in [0.4, 0.5) is 4.39 Å². The minimum Gasteiger partial charge on any atom is -0.489 e. The first-order chi connectivity index (χ1) is 9.66. The van der Waals surface area contributed by atoms with Crippen molar-refractivity contribution in [2.24, 2.45) is 0 Å². The van der Waals surface area contributed by atoms with Crippen LogP contribution in [0.1, 0.15) is 44.4 Å². The fraction of sp³-hybridized carbons (Fsp3) is 0.412. The monoisotopic (exact) mass is 280 g/mol. The highest BCUT2D eigenvalue weighted by molar-refractivity contribution is 5.35. The lowest BCUT2D eigenvalue weighted by Crippen LogP contribution is -1.96. The molecule has 0 atom stereocenters. The summed E-state index contributed by atoms with van der Waals surface area (Å²) in [6, 6.07) is 5.05. The summed E-state index contributed by atoms with van der Waals surface area (Å²) < 4.78 is 23.8. The molecule has 0 spiro atoms. The van der Waals surface area contributed by atoms with Crippen molar-refractivity contribution in [1.82, 2.24) is 0 Å². The van der Waals surface area contributed by atoms with E-state index in [2.05, 4.69) is 0 Å². The van der Waals surface area contributed by atoms with E-state index in [1.54, 1.807) is 19.5 Å². The van der Waals surface area contributed by atoms with E-state index < -0.39 is 0 Å². The van der Waals surface area contributed by atoms with E-state index in [-0.39, 0.29) is 5.82 Å². The Bertz CT molecular complexity index is 453. The van der Waals surface area contributed by atoms with Gasteiger partial charge in [0.2, 0.25) is 0 Å². The normalized spacial score (nSPS) is 8.95. The first kappa shape index (κ1) is 18.2. The van der Waals surface area contributed by atoms with Crippen LogP contribution in [0.15, 0.2) is 35.1 Å². The zero-order valence-corrected chi connectivity index (χ0v) is 13.3. The maximum Gasteiger partial charge on any atom is 0.130 e. The summed E-state index contributed by atoms with van der Waals surface area (Å²) in [6.07, 6.45) is 3.19. The van der Waals surface area contributed by atoms with Crippen LogP contribution in [0.25, 0.3) is 0 Å². The maximum absolute atomic E-state index is 13.4. The van der Waals surface area contributed by atoms with Crippen LogP contribution < -0.4 is 4.74 Å². The molecule has 0 radical (unpaired) electrons. The fourth-order valence-electron chi connectivity index (χ4n) is 1.41. The lowest BCUT2D eigenvalue weighted by Gasteiger charge is -2.08. The molecule has 0 unspecified atom stereocenters. The molecule has 0 fully saturated rings. The summed E-state index contributed by atoms with van der Waals surface area (Å²) in [6.45, 7) is 12.0. The van der Waals surface area contributed by atoms with Crippen molar-refractivity contribution in [3.63, 3.8) is 0 Å². The van der Waals surface area contributed by atoms with Crippen LogP contribution in [0.3, 0.4) is 0 Å². The number of ether oxygens (including phenoxy) is 1. The molecule has 0 amide bonds. The van der Waals surface area contributed by atoms with E-state index in [4.69, 9.17) is 9.15 Å². The summed E-state index contributed by atoms with van der Waals surface area (Å²) in [5, 5.41) is 0. The van der Waals surface area contributed by atoms with Crippen LogP contribution in [-0.2, 0) is 6.61 Å². The third kappa shape index (κ3) is 5.47. The van der Waals surface area contributed by atoms with Crippen molar-refractivity contribution in [2.45, 2.75) is 48.1 Å². The summed E-state index contributed by atoms with van der Waals surface area (Å²) in [5.74, 6) is 0.309.